The molecular formula is C28H23N5O9S. The Bertz CT molecular complexity index is 1660. The van der Waals surface area contributed by atoms with Crippen LogP contribution in [0.25, 0.3) is 6.08 Å². The Balaban J connectivity index is 1.32. The Labute approximate surface area is 248 Å². The fraction of sp³-hybridized carbons (Fsp3) is 0.179. The monoisotopic (exact) mass is 605 g/mol. The molecule has 0 atom stereocenters. The first-order valence-electron chi connectivity index (χ1n) is 12.9. The molecule has 14 nitrogen and oxygen atoms in total. The van der Waals surface area contributed by atoms with E-state index in [1.807, 2.05) is 12.1 Å². The van der Waals surface area contributed by atoms with Gasteiger partial charge in [0.15, 0.2) is 0 Å². The van der Waals surface area contributed by atoms with Crippen molar-refractivity contribution in [1.29, 1.82) is 0 Å². The van der Waals surface area contributed by atoms with Crippen molar-refractivity contribution in [3.63, 3.8) is 0 Å². The van der Waals surface area contributed by atoms with E-state index in [9.17, 15) is 34.6 Å². The van der Waals surface area contributed by atoms with Gasteiger partial charge in [0.2, 0.25) is 11.7 Å². The maximum atomic E-state index is 13.2. The largest absolute Gasteiger partial charge is 0.449 e. The molecule has 1 N–H and O–H groups in total. The molecule has 0 aliphatic carbocycles. The minimum atomic E-state index is -0.805. The van der Waals surface area contributed by atoms with Gasteiger partial charge in [-0.3, -0.25) is 39.5 Å². The number of morpholine rings is 1. The summed E-state index contributed by atoms with van der Waals surface area (Å²) in [7, 11) is 0. The fourth-order valence-electron chi connectivity index (χ4n) is 4.43. The van der Waals surface area contributed by atoms with Gasteiger partial charge in [-0.15, -0.1) is 0 Å². The summed E-state index contributed by atoms with van der Waals surface area (Å²) in [6.45, 7) is 1.92. The van der Waals surface area contributed by atoms with Crippen molar-refractivity contribution in [3.05, 3.63) is 97.4 Å². The molecule has 0 unspecified atom stereocenters. The number of anilines is 2. The molecule has 0 spiro atoms. The molecule has 3 aromatic rings. The number of ether oxygens (including phenoxy) is 2. The van der Waals surface area contributed by atoms with E-state index in [1.165, 1.54) is 12.1 Å². The number of nitrogens with zero attached hydrogens (tertiary/aromatic N) is 4. The molecule has 220 valence electrons. The molecule has 2 saturated heterocycles. The maximum absolute atomic E-state index is 13.2. The third-order valence-electron chi connectivity index (χ3n) is 6.48. The zero-order valence-electron chi connectivity index (χ0n) is 22.3. The van der Waals surface area contributed by atoms with Crippen molar-refractivity contribution in [2.45, 2.75) is 0 Å². The van der Waals surface area contributed by atoms with E-state index in [0.29, 0.717) is 49.3 Å². The van der Waals surface area contributed by atoms with Crippen molar-refractivity contribution in [2.24, 2.45) is 0 Å². The van der Waals surface area contributed by atoms with Crippen molar-refractivity contribution in [1.82, 2.24) is 4.90 Å². The summed E-state index contributed by atoms with van der Waals surface area (Å²) in [6, 6.07) is 16.5. The average molecular weight is 606 g/mol. The fourth-order valence-corrected chi connectivity index (χ4v) is 5.26. The van der Waals surface area contributed by atoms with Gasteiger partial charge in [0.25, 0.3) is 16.8 Å². The van der Waals surface area contributed by atoms with Crippen LogP contribution in [-0.2, 0) is 14.3 Å². The SMILES string of the molecule is O=C(CN1C(=O)S/C(=C/c2ccccc2Oc2ccc([N+](=O)[O-])cc2[N+](=O)[O-])C1=O)Nc1ccccc1N1CCOCC1. The number of nitrogens with one attached hydrogen (secondary N) is 1. The van der Waals surface area contributed by atoms with Gasteiger partial charge in [-0.05, 0) is 42.1 Å². The second-order valence-electron chi connectivity index (χ2n) is 9.24. The molecule has 2 heterocycles. The van der Waals surface area contributed by atoms with Gasteiger partial charge in [0, 0.05) is 24.7 Å². The second kappa shape index (κ2) is 12.7. The number of amides is 3. The highest BCUT2D eigenvalue weighted by atomic mass is 32.2. The summed E-state index contributed by atoms with van der Waals surface area (Å²) in [6.07, 6.45) is 1.38. The molecule has 2 fully saturated rings. The van der Waals surface area contributed by atoms with Crippen LogP contribution in [0.15, 0.2) is 71.6 Å². The van der Waals surface area contributed by atoms with Crippen molar-refractivity contribution in [2.75, 3.05) is 43.1 Å². The average Bonchev–Trinajstić information content (AvgIpc) is 3.26. The predicted octanol–water partition coefficient (Wildman–Crippen LogP) is 4.81. The minimum Gasteiger partial charge on any atom is -0.449 e. The molecule has 0 bridgehead atoms. The Morgan fingerprint density at radius 3 is 2.44 bits per heavy atom. The summed E-state index contributed by atoms with van der Waals surface area (Å²) >= 11 is 0.637. The number of thioether (sulfide) groups is 1. The Kier molecular flexibility index (Phi) is 8.64. The maximum Gasteiger partial charge on any atom is 0.318 e. The van der Waals surface area contributed by atoms with E-state index in [4.69, 9.17) is 9.47 Å². The highest BCUT2D eigenvalue weighted by Crippen LogP contribution is 2.38. The number of rotatable bonds is 9. The lowest BCUT2D eigenvalue weighted by atomic mass is 10.1. The lowest BCUT2D eigenvalue weighted by molar-refractivity contribution is -0.394. The number of nitro benzene ring substituents is 2. The first-order valence-corrected chi connectivity index (χ1v) is 13.7. The van der Waals surface area contributed by atoms with E-state index in [2.05, 4.69) is 10.2 Å². The Morgan fingerprint density at radius 1 is 0.977 bits per heavy atom. The summed E-state index contributed by atoms with van der Waals surface area (Å²) < 4.78 is 11.1. The molecular weight excluding hydrogens is 582 g/mol. The first-order chi connectivity index (χ1) is 20.7. The summed E-state index contributed by atoms with van der Waals surface area (Å²) in [5.41, 5.74) is 0.561. The summed E-state index contributed by atoms with van der Waals surface area (Å²) in [4.78, 5) is 62.7. The molecule has 3 amide bonds. The van der Waals surface area contributed by atoms with Crippen LogP contribution in [0.3, 0.4) is 0 Å². The van der Waals surface area contributed by atoms with E-state index in [0.717, 1.165) is 28.8 Å². The zero-order valence-corrected chi connectivity index (χ0v) is 23.2. The van der Waals surface area contributed by atoms with Gasteiger partial charge in [0.1, 0.15) is 12.3 Å². The van der Waals surface area contributed by atoms with Crippen molar-refractivity contribution < 1.29 is 33.7 Å². The van der Waals surface area contributed by atoms with Gasteiger partial charge in [-0.25, -0.2) is 0 Å². The Morgan fingerprint density at radius 2 is 1.70 bits per heavy atom. The number of carbonyl (C=O) groups excluding carboxylic acids is 3. The van der Waals surface area contributed by atoms with Crippen LogP contribution >= 0.6 is 11.8 Å². The van der Waals surface area contributed by atoms with Gasteiger partial charge < -0.3 is 19.7 Å². The number of nitro groups is 2. The molecule has 3 aromatic carbocycles. The summed E-state index contributed by atoms with van der Waals surface area (Å²) in [5, 5.41) is 24.7. The van der Waals surface area contributed by atoms with Crippen LogP contribution in [-0.4, -0.2) is 64.6 Å². The van der Waals surface area contributed by atoms with Crippen molar-refractivity contribution in [3.8, 4) is 11.5 Å². The quantitative estimate of drug-likeness (QED) is 0.201. The van der Waals surface area contributed by atoms with Crippen LogP contribution in [0, 0.1) is 20.2 Å². The van der Waals surface area contributed by atoms with Crippen LogP contribution < -0.4 is 15.0 Å². The molecule has 0 aromatic heterocycles. The van der Waals surface area contributed by atoms with Crippen LogP contribution in [0.1, 0.15) is 5.56 Å². The number of benzene rings is 3. The number of non-ortho nitro benzene ring substituents is 1. The molecule has 0 radical (unpaired) electrons. The molecule has 2 aliphatic rings. The molecule has 2 aliphatic heterocycles. The predicted molar refractivity (Wildman–Crippen MR) is 157 cm³/mol. The molecule has 0 saturated carbocycles. The van der Waals surface area contributed by atoms with Gasteiger partial charge in [0.05, 0.1) is 45.4 Å². The number of carbonyl (C=O) groups is 3. The van der Waals surface area contributed by atoms with Crippen LogP contribution in [0.2, 0.25) is 0 Å². The normalized spacial score (nSPS) is 16.0. The van der Waals surface area contributed by atoms with Gasteiger partial charge >= 0.3 is 5.69 Å². The van der Waals surface area contributed by atoms with E-state index in [1.54, 1.807) is 30.3 Å². The lowest BCUT2D eigenvalue weighted by Gasteiger charge is -2.30. The zero-order chi connectivity index (χ0) is 30.5. The summed E-state index contributed by atoms with van der Waals surface area (Å²) in [5.74, 6) is -1.40. The Hall–Kier alpha value is -5.28. The standard InChI is InChI=1S/C28H23N5O9S/c34-26(29-20-6-2-3-7-21(20)30-11-13-41-14-12-30)17-31-27(35)25(43-28(31)36)15-18-5-1-4-8-23(18)42-24-10-9-19(32(37)38)16-22(24)33(39)40/h1-10,15-16H,11-14,17H2,(H,29,34)/b25-15+. The number of hydrogen-bond acceptors (Lipinski definition) is 11. The topological polar surface area (TPSA) is 174 Å². The number of imide groups is 1. The van der Waals surface area contributed by atoms with E-state index in [-0.39, 0.29) is 16.4 Å². The van der Waals surface area contributed by atoms with Crippen molar-refractivity contribution >= 4 is 57.6 Å². The second-order valence-corrected chi connectivity index (χ2v) is 10.2. The van der Waals surface area contributed by atoms with E-state index < -0.39 is 44.8 Å². The first kappa shape index (κ1) is 29.2. The minimum absolute atomic E-state index is 0.0146. The number of para-hydroxylation sites is 3. The third-order valence-corrected chi connectivity index (χ3v) is 7.39. The van der Waals surface area contributed by atoms with Crippen LogP contribution in [0.4, 0.5) is 27.5 Å². The van der Waals surface area contributed by atoms with E-state index >= 15 is 0 Å². The lowest BCUT2D eigenvalue weighted by Crippen LogP contribution is -2.38. The van der Waals surface area contributed by atoms with Gasteiger partial charge in [-0.1, -0.05) is 30.3 Å². The third kappa shape index (κ3) is 6.63. The highest BCUT2D eigenvalue weighted by Gasteiger charge is 2.36. The van der Waals surface area contributed by atoms with Gasteiger partial charge in [-0.2, -0.15) is 0 Å². The number of hydrogen-bond donors (Lipinski definition) is 1. The van der Waals surface area contributed by atoms with Crippen LogP contribution in [0.5, 0.6) is 11.5 Å². The molecule has 15 heteroatoms. The molecule has 43 heavy (non-hydrogen) atoms. The smallest absolute Gasteiger partial charge is 0.318 e. The molecule has 5 rings (SSSR count). The highest BCUT2D eigenvalue weighted by molar-refractivity contribution is 8.18.